The van der Waals surface area contributed by atoms with Crippen molar-refractivity contribution < 1.29 is 13.2 Å². The molecule has 2 aromatic carbocycles. The summed E-state index contributed by atoms with van der Waals surface area (Å²) in [4.78, 5) is 11.8. The van der Waals surface area contributed by atoms with E-state index in [0.29, 0.717) is 5.69 Å². The van der Waals surface area contributed by atoms with Gasteiger partial charge in [0.15, 0.2) is 5.69 Å². The summed E-state index contributed by atoms with van der Waals surface area (Å²) >= 11 is 0. The second kappa shape index (κ2) is 9.41. The molecule has 1 aromatic heterocycles. The fraction of sp³-hybridized carbons (Fsp3) is 0.280. The number of rotatable bonds is 6. The number of alkyl halides is 3. The van der Waals surface area contributed by atoms with Gasteiger partial charge in [0.25, 0.3) is 0 Å². The van der Waals surface area contributed by atoms with E-state index in [1.807, 2.05) is 29.2 Å². The van der Waals surface area contributed by atoms with Crippen molar-refractivity contribution in [2.24, 2.45) is 0 Å². The maximum Gasteiger partial charge on any atom is 0.416 e. The highest BCUT2D eigenvalue weighted by Gasteiger charge is 2.35. The van der Waals surface area contributed by atoms with Crippen LogP contribution in [0.4, 0.5) is 24.5 Å². The molecule has 0 aliphatic carbocycles. The first kappa shape index (κ1) is 21.8. The number of hydrogen-bond donors (Lipinski definition) is 0. The Labute approximate surface area is 185 Å². The summed E-state index contributed by atoms with van der Waals surface area (Å²) in [7, 11) is 0. The molecular weight excluding hydrogens is 413 g/mol. The number of nitrogens with zero attached hydrogens (tertiary/aromatic N) is 4. The van der Waals surface area contributed by atoms with Gasteiger partial charge in [-0.3, -0.25) is 9.88 Å². The van der Waals surface area contributed by atoms with Crippen LogP contribution in [-0.4, -0.2) is 29.0 Å². The first-order chi connectivity index (χ1) is 15.4. The normalized spacial score (nSPS) is 16.6. The van der Waals surface area contributed by atoms with Crippen LogP contribution < -0.4 is 4.90 Å². The average Bonchev–Trinajstić information content (AvgIpc) is 3.26. The van der Waals surface area contributed by atoms with E-state index >= 15 is 0 Å². The molecule has 0 radical (unpaired) electrons. The van der Waals surface area contributed by atoms with Crippen LogP contribution in [0, 0.1) is 6.57 Å². The van der Waals surface area contributed by atoms with Crippen LogP contribution >= 0.6 is 0 Å². The highest BCUT2D eigenvalue weighted by atomic mass is 19.4. The van der Waals surface area contributed by atoms with Gasteiger partial charge in [-0.25, -0.2) is 4.85 Å². The molecular formula is C25H23F3N4. The number of hydrogen-bond acceptors (Lipinski definition) is 3. The second-order valence-corrected chi connectivity index (χ2v) is 7.94. The van der Waals surface area contributed by atoms with Crippen molar-refractivity contribution in [1.29, 1.82) is 0 Å². The van der Waals surface area contributed by atoms with E-state index in [1.165, 1.54) is 6.07 Å². The number of halogens is 3. The average molecular weight is 436 g/mol. The molecule has 3 aromatic rings. The molecule has 2 heterocycles. The van der Waals surface area contributed by atoms with Crippen LogP contribution in [0.5, 0.6) is 0 Å². The van der Waals surface area contributed by atoms with Gasteiger partial charge in [0.2, 0.25) is 0 Å². The van der Waals surface area contributed by atoms with Gasteiger partial charge >= 0.3 is 6.18 Å². The SMILES string of the molecule is [C-]#[N+]c1ccc(N(Cc2ccccc2C(F)(F)F)[C@H]2CCN(Cc3ccncc3)C2)cc1. The van der Waals surface area contributed by atoms with Crippen molar-refractivity contribution in [1.82, 2.24) is 9.88 Å². The number of benzene rings is 2. The molecule has 4 nitrogen and oxygen atoms in total. The molecule has 32 heavy (non-hydrogen) atoms. The van der Waals surface area contributed by atoms with E-state index < -0.39 is 11.7 Å². The minimum Gasteiger partial charge on any atom is -0.363 e. The van der Waals surface area contributed by atoms with Crippen LogP contribution in [0.3, 0.4) is 0 Å². The zero-order valence-corrected chi connectivity index (χ0v) is 17.5. The fourth-order valence-electron chi connectivity index (χ4n) is 4.22. The summed E-state index contributed by atoms with van der Waals surface area (Å²) in [6, 6.07) is 16.9. The lowest BCUT2D eigenvalue weighted by Crippen LogP contribution is -2.37. The van der Waals surface area contributed by atoms with Crippen LogP contribution in [0.1, 0.15) is 23.1 Å². The molecule has 0 spiro atoms. The van der Waals surface area contributed by atoms with Crippen molar-refractivity contribution in [2.75, 3.05) is 18.0 Å². The molecule has 0 amide bonds. The molecule has 1 atom stereocenters. The molecule has 1 fully saturated rings. The number of likely N-dealkylation sites (tertiary alicyclic amines) is 1. The van der Waals surface area contributed by atoms with Crippen LogP contribution in [0.2, 0.25) is 0 Å². The van der Waals surface area contributed by atoms with Crippen molar-refractivity contribution in [3.8, 4) is 0 Å². The quantitative estimate of drug-likeness (QED) is 0.448. The molecule has 0 N–H and O–H groups in total. The monoisotopic (exact) mass is 436 g/mol. The Balaban J connectivity index is 1.60. The van der Waals surface area contributed by atoms with E-state index in [4.69, 9.17) is 6.57 Å². The predicted molar refractivity (Wildman–Crippen MR) is 118 cm³/mol. The van der Waals surface area contributed by atoms with Gasteiger partial charge < -0.3 is 4.90 Å². The van der Waals surface area contributed by atoms with Gasteiger partial charge in [-0.15, -0.1) is 0 Å². The Morgan fingerprint density at radius 3 is 2.44 bits per heavy atom. The molecule has 1 aliphatic rings. The Hall–Kier alpha value is -3.37. The van der Waals surface area contributed by atoms with Gasteiger partial charge in [0.1, 0.15) is 0 Å². The largest absolute Gasteiger partial charge is 0.416 e. The molecule has 4 rings (SSSR count). The Morgan fingerprint density at radius 2 is 1.75 bits per heavy atom. The maximum atomic E-state index is 13.6. The van der Waals surface area contributed by atoms with E-state index in [1.54, 1.807) is 36.7 Å². The van der Waals surface area contributed by atoms with Gasteiger partial charge in [-0.1, -0.05) is 30.3 Å². The highest BCUT2D eigenvalue weighted by Crippen LogP contribution is 2.34. The van der Waals surface area contributed by atoms with Crippen molar-refractivity contribution in [2.45, 2.75) is 31.7 Å². The summed E-state index contributed by atoms with van der Waals surface area (Å²) < 4.78 is 40.8. The lowest BCUT2D eigenvalue weighted by molar-refractivity contribution is -0.138. The second-order valence-electron chi connectivity index (χ2n) is 7.94. The first-order valence-electron chi connectivity index (χ1n) is 10.4. The third-order valence-electron chi connectivity index (χ3n) is 5.82. The van der Waals surface area contributed by atoms with Crippen LogP contribution in [0.15, 0.2) is 73.1 Å². The van der Waals surface area contributed by atoms with Gasteiger partial charge in [-0.05, 0) is 47.9 Å². The fourth-order valence-corrected chi connectivity index (χ4v) is 4.22. The summed E-state index contributed by atoms with van der Waals surface area (Å²) in [5.74, 6) is 0. The zero-order chi connectivity index (χ0) is 22.6. The lowest BCUT2D eigenvalue weighted by atomic mass is 10.0. The predicted octanol–water partition coefficient (Wildman–Crippen LogP) is 5.93. The number of aromatic nitrogens is 1. The summed E-state index contributed by atoms with van der Waals surface area (Å²) in [5, 5.41) is 0. The van der Waals surface area contributed by atoms with Gasteiger partial charge in [-0.2, -0.15) is 13.2 Å². The topological polar surface area (TPSA) is 23.7 Å². The van der Waals surface area contributed by atoms with Crippen molar-refractivity contribution >= 4 is 11.4 Å². The minimum absolute atomic E-state index is 0.0666. The summed E-state index contributed by atoms with van der Waals surface area (Å²) in [6.45, 7) is 9.72. The van der Waals surface area contributed by atoms with E-state index in [2.05, 4.69) is 14.7 Å². The first-order valence-corrected chi connectivity index (χ1v) is 10.4. The molecule has 1 aliphatic heterocycles. The van der Waals surface area contributed by atoms with Crippen molar-refractivity contribution in [3.05, 3.63) is 101 Å². The third kappa shape index (κ3) is 5.09. The van der Waals surface area contributed by atoms with Crippen LogP contribution in [-0.2, 0) is 19.3 Å². The standard InChI is InChI=1S/C25H23F3N4/c1-29-21-6-8-22(9-7-21)32(17-20-4-2-3-5-24(20)25(26,27)28)23-12-15-31(18-23)16-19-10-13-30-14-11-19/h2-11,13-14,23H,12,15-18H2/t23-/m0/s1. The molecule has 0 saturated carbocycles. The third-order valence-corrected chi connectivity index (χ3v) is 5.82. The lowest BCUT2D eigenvalue weighted by Gasteiger charge is -2.32. The molecule has 0 unspecified atom stereocenters. The minimum atomic E-state index is -4.40. The Bertz CT molecular complexity index is 1070. The smallest absolute Gasteiger partial charge is 0.363 e. The van der Waals surface area contributed by atoms with Crippen LogP contribution in [0.25, 0.3) is 4.85 Å². The summed E-state index contributed by atoms with van der Waals surface area (Å²) in [6.07, 6.45) is -0.0204. The van der Waals surface area contributed by atoms with E-state index in [9.17, 15) is 13.2 Å². The summed E-state index contributed by atoms with van der Waals surface area (Å²) in [5.41, 5.74) is 2.15. The Kier molecular flexibility index (Phi) is 6.42. The van der Waals surface area contributed by atoms with Gasteiger partial charge in [0, 0.05) is 50.3 Å². The van der Waals surface area contributed by atoms with Gasteiger partial charge in [0.05, 0.1) is 12.1 Å². The van der Waals surface area contributed by atoms with E-state index in [0.717, 1.165) is 43.4 Å². The molecule has 7 heteroatoms. The Morgan fingerprint density at radius 1 is 1.03 bits per heavy atom. The maximum absolute atomic E-state index is 13.6. The molecule has 0 bridgehead atoms. The molecule has 1 saturated heterocycles. The van der Waals surface area contributed by atoms with E-state index in [-0.39, 0.29) is 18.2 Å². The molecule has 164 valence electrons. The number of pyridine rings is 1. The highest BCUT2D eigenvalue weighted by molar-refractivity contribution is 5.57. The zero-order valence-electron chi connectivity index (χ0n) is 17.5. The van der Waals surface area contributed by atoms with Crippen molar-refractivity contribution in [3.63, 3.8) is 0 Å². The number of anilines is 1.